The Balaban J connectivity index is 2.18. The molecule has 0 aliphatic rings. The topological polar surface area (TPSA) is 61.4 Å². The van der Waals surface area contributed by atoms with E-state index in [1.807, 2.05) is 11.6 Å². The first-order valence-electron chi connectivity index (χ1n) is 4.09. The van der Waals surface area contributed by atoms with E-state index in [9.17, 15) is 0 Å². The minimum atomic E-state index is 0.619. The highest BCUT2D eigenvalue weighted by atomic mass is 15.4. The summed E-state index contributed by atoms with van der Waals surface area (Å²) in [6.07, 6.45) is 4.72. The molecule has 0 unspecified atom stereocenters. The minimum Gasteiger partial charge on any atom is -0.249 e. The molecule has 0 aromatic carbocycles. The second-order valence-corrected chi connectivity index (χ2v) is 2.59. The summed E-state index contributed by atoms with van der Waals surface area (Å²) in [7, 11) is 0. The van der Waals surface area contributed by atoms with Gasteiger partial charge < -0.3 is 0 Å². The monoisotopic (exact) mass is 178 g/mol. The van der Waals surface area contributed by atoms with Gasteiger partial charge in [0.15, 0.2) is 0 Å². The number of nitrogens with zero attached hydrogens (tertiary/aromatic N) is 6. The first-order chi connectivity index (χ1) is 6.40. The van der Waals surface area contributed by atoms with Crippen molar-refractivity contribution in [3.63, 3.8) is 0 Å². The molecule has 2 rings (SSSR count). The zero-order valence-electron chi connectivity index (χ0n) is 7.33. The van der Waals surface area contributed by atoms with Crippen LogP contribution in [0.1, 0.15) is 12.7 Å². The summed E-state index contributed by atoms with van der Waals surface area (Å²) in [5.41, 5.74) is 0. The van der Waals surface area contributed by atoms with E-state index in [2.05, 4.69) is 20.2 Å². The van der Waals surface area contributed by atoms with Gasteiger partial charge in [-0.2, -0.15) is 10.2 Å². The second kappa shape index (κ2) is 3.34. The molecule has 0 saturated carbocycles. The van der Waals surface area contributed by atoms with Crippen LogP contribution in [0.4, 0.5) is 0 Å². The van der Waals surface area contributed by atoms with Crippen LogP contribution in [0.5, 0.6) is 0 Å². The predicted octanol–water partition coefficient (Wildman–Crippen LogP) is -0.0622. The van der Waals surface area contributed by atoms with Crippen LogP contribution < -0.4 is 0 Å². The average Bonchev–Trinajstić information content (AvgIpc) is 2.76. The Hall–Kier alpha value is -1.72. The fourth-order valence-corrected chi connectivity index (χ4v) is 1.13. The van der Waals surface area contributed by atoms with E-state index in [1.165, 1.54) is 6.33 Å². The number of hydrogen-bond donors (Lipinski definition) is 0. The minimum absolute atomic E-state index is 0.619. The van der Waals surface area contributed by atoms with Gasteiger partial charge >= 0.3 is 0 Å². The standard InChI is InChI=1S/C7H10N6/c1-2-13-7(9-5-11-13)3-12-6-8-4-10-12/h4-6H,2-3H2,1H3. The Labute approximate surface area is 75.2 Å². The molecular weight excluding hydrogens is 168 g/mol. The van der Waals surface area contributed by atoms with Crippen molar-refractivity contribution in [2.24, 2.45) is 0 Å². The van der Waals surface area contributed by atoms with Gasteiger partial charge in [0, 0.05) is 6.54 Å². The van der Waals surface area contributed by atoms with Crippen molar-refractivity contribution >= 4 is 0 Å². The van der Waals surface area contributed by atoms with Crippen molar-refractivity contribution in [2.75, 3.05) is 0 Å². The molecule has 0 amide bonds. The summed E-state index contributed by atoms with van der Waals surface area (Å²) in [5, 5.41) is 8.05. The summed E-state index contributed by atoms with van der Waals surface area (Å²) in [6.45, 7) is 3.47. The van der Waals surface area contributed by atoms with Crippen LogP contribution in [0.2, 0.25) is 0 Å². The number of aryl methyl sites for hydroxylation is 1. The number of rotatable bonds is 3. The van der Waals surface area contributed by atoms with Crippen LogP contribution in [-0.2, 0) is 13.1 Å². The van der Waals surface area contributed by atoms with Gasteiger partial charge in [0.05, 0.1) is 0 Å². The second-order valence-electron chi connectivity index (χ2n) is 2.59. The number of hydrogen-bond acceptors (Lipinski definition) is 4. The van der Waals surface area contributed by atoms with E-state index < -0.39 is 0 Å². The normalized spacial score (nSPS) is 10.5. The highest BCUT2D eigenvalue weighted by Crippen LogP contribution is 1.95. The molecule has 0 spiro atoms. The van der Waals surface area contributed by atoms with Gasteiger partial charge in [-0.25, -0.2) is 19.3 Å². The molecular formula is C7H10N6. The molecule has 0 aliphatic heterocycles. The SMILES string of the molecule is CCn1ncnc1Cn1cncn1. The van der Waals surface area contributed by atoms with Crippen LogP contribution in [0, 0.1) is 0 Å². The van der Waals surface area contributed by atoms with Crippen molar-refractivity contribution in [2.45, 2.75) is 20.0 Å². The van der Waals surface area contributed by atoms with Crippen molar-refractivity contribution < 1.29 is 0 Å². The lowest BCUT2D eigenvalue weighted by Crippen LogP contribution is -2.09. The molecule has 0 N–H and O–H groups in total. The van der Waals surface area contributed by atoms with E-state index in [0.717, 1.165) is 12.4 Å². The zero-order valence-corrected chi connectivity index (χ0v) is 7.33. The molecule has 2 aromatic heterocycles. The Morgan fingerprint density at radius 2 is 2.23 bits per heavy atom. The Morgan fingerprint density at radius 1 is 1.31 bits per heavy atom. The third-order valence-electron chi connectivity index (χ3n) is 1.77. The van der Waals surface area contributed by atoms with Crippen molar-refractivity contribution in [3.8, 4) is 0 Å². The van der Waals surface area contributed by atoms with Gasteiger partial charge in [-0.15, -0.1) is 0 Å². The zero-order chi connectivity index (χ0) is 9.10. The smallest absolute Gasteiger partial charge is 0.148 e. The maximum atomic E-state index is 4.13. The predicted molar refractivity (Wildman–Crippen MR) is 44.8 cm³/mol. The molecule has 0 bridgehead atoms. The molecule has 0 radical (unpaired) electrons. The van der Waals surface area contributed by atoms with E-state index in [1.54, 1.807) is 17.3 Å². The first kappa shape index (κ1) is 7.90. The summed E-state index contributed by atoms with van der Waals surface area (Å²) in [6, 6.07) is 0. The first-order valence-corrected chi connectivity index (χ1v) is 4.09. The summed E-state index contributed by atoms with van der Waals surface area (Å²) < 4.78 is 3.55. The lowest BCUT2D eigenvalue weighted by Gasteiger charge is -2.01. The van der Waals surface area contributed by atoms with Crippen molar-refractivity contribution in [1.29, 1.82) is 0 Å². The molecule has 0 aliphatic carbocycles. The summed E-state index contributed by atoms with van der Waals surface area (Å²) >= 11 is 0. The van der Waals surface area contributed by atoms with Crippen molar-refractivity contribution in [1.82, 2.24) is 29.5 Å². The number of aromatic nitrogens is 6. The quantitative estimate of drug-likeness (QED) is 0.660. The van der Waals surface area contributed by atoms with E-state index in [0.29, 0.717) is 6.54 Å². The van der Waals surface area contributed by atoms with E-state index >= 15 is 0 Å². The molecule has 0 saturated heterocycles. The Morgan fingerprint density at radius 3 is 2.92 bits per heavy atom. The third kappa shape index (κ3) is 1.56. The third-order valence-corrected chi connectivity index (χ3v) is 1.77. The van der Waals surface area contributed by atoms with Crippen LogP contribution in [0.3, 0.4) is 0 Å². The summed E-state index contributed by atoms with van der Waals surface area (Å²) in [4.78, 5) is 7.98. The molecule has 2 aromatic rings. The largest absolute Gasteiger partial charge is 0.249 e. The highest BCUT2D eigenvalue weighted by molar-refractivity contribution is 4.84. The van der Waals surface area contributed by atoms with E-state index in [4.69, 9.17) is 0 Å². The molecule has 2 heterocycles. The van der Waals surface area contributed by atoms with Gasteiger partial charge in [-0.3, -0.25) is 0 Å². The lowest BCUT2D eigenvalue weighted by molar-refractivity contribution is 0.567. The molecule has 6 nitrogen and oxygen atoms in total. The fourth-order valence-electron chi connectivity index (χ4n) is 1.13. The van der Waals surface area contributed by atoms with Crippen LogP contribution in [0.25, 0.3) is 0 Å². The maximum absolute atomic E-state index is 4.13. The molecule has 13 heavy (non-hydrogen) atoms. The fraction of sp³-hybridized carbons (Fsp3) is 0.429. The maximum Gasteiger partial charge on any atom is 0.148 e. The van der Waals surface area contributed by atoms with Gasteiger partial charge in [-0.05, 0) is 6.92 Å². The van der Waals surface area contributed by atoms with Gasteiger partial charge in [0.2, 0.25) is 0 Å². The van der Waals surface area contributed by atoms with Gasteiger partial charge in [0.1, 0.15) is 31.4 Å². The van der Waals surface area contributed by atoms with Crippen LogP contribution in [0.15, 0.2) is 19.0 Å². The van der Waals surface area contributed by atoms with Gasteiger partial charge in [-0.1, -0.05) is 0 Å². The Kier molecular flexibility index (Phi) is 2.03. The average molecular weight is 178 g/mol. The van der Waals surface area contributed by atoms with E-state index in [-0.39, 0.29) is 0 Å². The Bertz CT molecular complexity index is 362. The summed E-state index contributed by atoms with van der Waals surface area (Å²) in [5.74, 6) is 0.896. The van der Waals surface area contributed by atoms with Crippen LogP contribution in [-0.4, -0.2) is 29.5 Å². The molecule has 6 heteroatoms. The van der Waals surface area contributed by atoms with Crippen LogP contribution >= 0.6 is 0 Å². The van der Waals surface area contributed by atoms with Crippen molar-refractivity contribution in [3.05, 3.63) is 24.8 Å². The highest BCUT2D eigenvalue weighted by Gasteiger charge is 2.02. The van der Waals surface area contributed by atoms with Gasteiger partial charge in [0.25, 0.3) is 0 Å². The molecule has 0 atom stereocenters. The lowest BCUT2D eigenvalue weighted by atomic mass is 10.6. The molecule has 0 fully saturated rings. The molecule has 68 valence electrons.